The van der Waals surface area contributed by atoms with Gasteiger partial charge in [0.05, 0.1) is 27.7 Å². The standard InChI is InChI=1S/C23H16Br2ClNO2/c1-28-19-8-6-16(7-9-19)18(13-27)10-15-11-20(24)23(21(25)12-15)29-14-17-4-2-3-5-22(17)26/h2-12H,14H2,1H3/b18-10+. The van der Waals surface area contributed by atoms with E-state index in [-0.39, 0.29) is 0 Å². The number of hydrogen-bond acceptors (Lipinski definition) is 3. The Bertz CT molecular complexity index is 1070. The Balaban J connectivity index is 1.84. The van der Waals surface area contributed by atoms with E-state index in [1.54, 1.807) is 7.11 Å². The molecule has 0 aliphatic rings. The van der Waals surface area contributed by atoms with Crippen LogP contribution in [-0.2, 0) is 6.61 Å². The molecule has 0 atom stereocenters. The number of halogens is 3. The van der Waals surface area contributed by atoms with Gasteiger partial charge in [-0.25, -0.2) is 0 Å². The summed E-state index contributed by atoms with van der Waals surface area (Å²) in [7, 11) is 1.61. The van der Waals surface area contributed by atoms with Crippen molar-refractivity contribution in [3.05, 3.63) is 91.3 Å². The van der Waals surface area contributed by atoms with Crippen LogP contribution in [0.3, 0.4) is 0 Å². The first-order chi connectivity index (χ1) is 14.0. The zero-order chi connectivity index (χ0) is 20.8. The van der Waals surface area contributed by atoms with Crippen LogP contribution in [0.2, 0.25) is 5.02 Å². The van der Waals surface area contributed by atoms with E-state index in [0.717, 1.165) is 31.4 Å². The second-order valence-corrected chi connectivity index (χ2v) is 8.21. The molecule has 0 radical (unpaired) electrons. The van der Waals surface area contributed by atoms with Crippen LogP contribution in [0, 0.1) is 11.3 Å². The van der Waals surface area contributed by atoms with E-state index >= 15 is 0 Å². The molecule has 3 aromatic rings. The molecule has 0 bridgehead atoms. The summed E-state index contributed by atoms with van der Waals surface area (Å²) in [5.41, 5.74) is 3.14. The maximum atomic E-state index is 9.59. The minimum absolute atomic E-state index is 0.349. The van der Waals surface area contributed by atoms with Gasteiger partial charge in [-0.05, 0) is 91.5 Å². The summed E-state index contributed by atoms with van der Waals surface area (Å²) in [6.45, 7) is 0.349. The van der Waals surface area contributed by atoms with Crippen LogP contribution in [-0.4, -0.2) is 7.11 Å². The lowest BCUT2D eigenvalue weighted by molar-refractivity contribution is 0.302. The molecule has 0 aliphatic heterocycles. The molecule has 0 N–H and O–H groups in total. The molecule has 0 aromatic heterocycles. The third kappa shape index (κ3) is 5.42. The fraction of sp³-hybridized carbons (Fsp3) is 0.0870. The second-order valence-electron chi connectivity index (χ2n) is 6.09. The number of nitrogens with zero attached hydrogens (tertiary/aromatic N) is 1. The quantitative estimate of drug-likeness (QED) is 0.243. The molecule has 6 heteroatoms. The SMILES string of the molecule is COc1ccc(/C(C#N)=C/c2cc(Br)c(OCc3ccccc3Cl)c(Br)c2)cc1. The predicted octanol–water partition coefficient (Wildman–Crippen LogP) is 7.52. The summed E-state index contributed by atoms with van der Waals surface area (Å²) in [6.07, 6.45) is 1.83. The number of rotatable bonds is 6. The predicted molar refractivity (Wildman–Crippen MR) is 124 cm³/mol. The van der Waals surface area contributed by atoms with Gasteiger partial charge in [0, 0.05) is 10.6 Å². The summed E-state index contributed by atoms with van der Waals surface area (Å²) >= 11 is 13.3. The molecule has 0 saturated heterocycles. The average molecular weight is 534 g/mol. The van der Waals surface area contributed by atoms with Gasteiger partial charge < -0.3 is 9.47 Å². The number of nitriles is 1. The zero-order valence-corrected chi connectivity index (χ0v) is 19.4. The summed E-state index contributed by atoms with van der Waals surface area (Å²) < 4.78 is 12.7. The third-order valence-corrected chi connectivity index (χ3v) is 5.73. The van der Waals surface area contributed by atoms with Gasteiger partial charge in [0.2, 0.25) is 0 Å². The van der Waals surface area contributed by atoms with Crippen molar-refractivity contribution in [2.75, 3.05) is 7.11 Å². The highest BCUT2D eigenvalue weighted by Crippen LogP contribution is 2.36. The molecule has 0 saturated carbocycles. The lowest BCUT2D eigenvalue weighted by Crippen LogP contribution is -1.98. The summed E-state index contributed by atoms with van der Waals surface area (Å²) in [5.74, 6) is 1.42. The van der Waals surface area contributed by atoms with Crippen molar-refractivity contribution in [2.24, 2.45) is 0 Å². The first kappa shape index (κ1) is 21.4. The molecular weight excluding hydrogens is 518 g/mol. The van der Waals surface area contributed by atoms with Gasteiger partial charge in [-0.2, -0.15) is 5.26 Å². The van der Waals surface area contributed by atoms with E-state index in [1.165, 1.54) is 0 Å². The molecule has 0 spiro atoms. The van der Waals surface area contributed by atoms with Crippen LogP contribution < -0.4 is 9.47 Å². The Hall–Kier alpha value is -2.26. The average Bonchev–Trinajstić information content (AvgIpc) is 2.72. The van der Waals surface area contributed by atoms with Crippen LogP contribution in [0.25, 0.3) is 11.6 Å². The van der Waals surface area contributed by atoms with Gasteiger partial charge >= 0.3 is 0 Å². The molecule has 29 heavy (non-hydrogen) atoms. The molecule has 0 amide bonds. The Morgan fingerprint density at radius 2 is 1.72 bits per heavy atom. The van der Waals surface area contributed by atoms with Crippen LogP contribution in [0.4, 0.5) is 0 Å². The number of benzene rings is 3. The van der Waals surface area contributed by atoms with Crippen molar-refractivity contribution in [1.29, 1.82) is 5.26 Å². The van der Waals surface area contributed by atoms with Gasteiger partial charge in [0.1, 0.15) is 18.1 Å². The van der Waals surface area contributed by atoms with Gasteiger partial charge in [-0.15, -0.1) is 0 Å². The molecule has 146 valence electrons. The van der Waals surface area contributed by atoms with Gasteiger partial charge in [-0.1, -0.05) is 29.8 Å². The fourth-order valence-electron chi connectivity index (χ4n) is 2.68. The third-order valence-electron chi connectivity index (χ3n) is 4.18. The van der Waals surface area contributed by atoms with Crippen LogP contribution in [0.5, 0.6) is 11.5 Å². The minimum atomic E-state index is 0.349. The Kier molecular flexibility index (Phi) is 7.38. The molecule has 0 fully saturated rings. The minimum Gasteiger partial charge on any atom is -0.497 e. The van der Waals surface area contributed by atoms with Crippen molar-refractivity contribution >= 4 is 55.1 Å². The molecule has 0 aliphatic carbocycles. The molecule has 3 nitrogen and oxygen atoms in total. The highest BCUT2D eigenvalue weighted by atomic mass is 79.9. The maximum absolute atomic E-state index is 9.59. The Morgan fingerprint density at radius 3 is 2.31 bits per heavy atom. The lowest BCUT2D eigenvalue weighted by atomic mass is 10.0. The lowest BCUT2D eigenvalue weighted by Gasteiger charge is -2.12. The van der Waals surface area contributed by atoms with Crippen molar-refractivity contribution < 1.29 is 9.47 Å². The summed E-state index contributed by atoms with van der Waals surface area (Å²) in [4.78, 5) is 0. The highest BCUT2D eigenvalue weighted by Gasteiger charge is 2.11. The van der Waals surface area contributed by atoms with Crippen molar-refractivity contribution in [3.8, 4) is 17.6 Å². The van der Waals surface area contributed by atoms with Gasteiger partial charge in [0.15, 0.2) is 0 Å². The normalized spacial score (nSPS) is 11.1. The highest BCUT2D eigenvalue weighted by molar-refractivity contribution is 9.11. The van der Waals surface area contributed by atoms with Crippen LogP contribution in [0.1, 0.15) is 16.7 Å². The molecule has 3 aromatic carbocycles. The first-order valence-corrected chi connectivity index (χ1v) is 10.6. The fourth-order valence-corrected chi connectivity index (χ4v) is 4.32. The van der Waals surface area contributed by atoms with E-state index < -0.39 is 0 Å². The molecule has 0 heterocycles. The van der Waals surface area contributed by atoms with Crippen molar-refractivity contribution in [3.63, 3.8) is 0 Å². The van der Waals surface area contributed by atoms with E-state index in [1.807, 2.05) is 66.7 Å². The largest absolute Gasteiger partial charge is 0.497 e. The topological polar surface area (TPSA) is 42.2 Å². The summed E-state index contributed by atoms with van der Waals surface area (Å²) in [6, 6.07) is 21.0. The van der Waals surface area contributed by atoms with E-state index in [9.17, 15) is 5.26 Å². The maximum Gasteiger partial charge on any atom is 0.148 e. The monoisotopic (exact) mass is 531 g/mol. The zero-order valence-electron chi connectivity index (χ0n) is 15.5. The number of hydrogen-bond donors (Lipinski definition) is 0. The van der Waals surface area contributed by atoms with E-state index in [4.69, 9.17) is 21.1 Å². The summed E-state index contributed by atoms with van der Waals surface area (Å²) in [5, 5.41) is 10.3. The smallest absolute Gasteiger partial charge is 0.148 e. The Labute approximate surface area is 191 Å². The number of methoxy groups -OCH3 is 1. The van der Waals surface area contributed by atoms with Gasteiger partial charge in [-0.3, -0.25) is 0 Å². The van der Waals surface area contributed by atoms with Crippen molar-refractivity contribution in [2.45, 2.75) is 6.61 Å². The Morgan fingerprint density at radius 1 is 1.07 bits per heavy atom. The molecule has 3 rings (SSSR count). The van der Waals surface area contributed by atoms with Gasteiger partial charge in [0.25, 0.3) is 0 Å². The van der Waals surface area contributed by atoms with E-state index in [0.29, 0.717) is 23.0 Å². The van der Waals surface area contributed by atoms with Crippen LogP contribution >= 0.6 is 43.5 Å². The van der Waals surface area contributed by atoms with Crippen LogP contribution in [0.15, 0.2) is 69.6 Å². The number of allylic oxidation sites excluding steroid dienone is 1. The second kappa shape index (κ2) is 9.98. The van der Waals surface area contributed by atoms with Crippen molar-refractivity contribution in [1.82, 2.24) is 0 Å². The van der Waals surface area contributed by atoms with E-state index in [2.05, 4.69) is 37.9 Å². The molecule has 0 unspecified atom stereocenters. The molecular formula is C23H16Br2ClNO2. The first-order valence-electron chi connectivity index (χ1n) is 8.63. The number of ether oxygens (including phenoxy) is 2.